The van der Waals surface area contributed by atoms with Gasteiger partial charge in [0.2, 0.25) is 0 Å². The maximum Gasteiger partial charge on any atom is 0.157 e. The second-order valence-electron chi connectivity index (χ2n) is 6.01. The fraction of sp³-hybridized carbons (Fsp3) is 0.500. The summed E-state index contributed by atoms with van der Waals surface area (Å²) in [5, 5.41) is 20.2. The van der Waals surface area contributed by atoms with Crippen molar-refractivity contribution in [2.75, 3.05) is 6.61 Å². The molecule has 0 aromatic heterocycles. The zero-order valence-electron chi connectivity index (χ0n) is 13.3. The van der Waals surface area contributed by atoms with Crippen LogP contribution >= 0.6 is 0 Å². The Hall–Kier alpha value is -1.81. The van der Waals surface area contributed by atoms with Crippen LogP contribution < -0.4 is 4.74 Å². The molecular weight excluding hydrogens is 280 g/mol. The Bertz CT molecular complexity index is 572. The number of rotatable bonds is 6. The largest absolute Gasteiger partial charge is 0.507 e. The first-order valence-corrected chi connectivity index (χ1v) is 7.83. The molecule has 1 aromatic carbocycles. The Kier molecular flexibility index (Phi) is 5.24. The van der Waals surface area contributed by atoms with E-state index >= 15 is 0 Å². The molecule has 4 heteroatoms. The van der Waals surface area contributed by atoms with Crippen LogP contribution in [0.15, 0.2) is 29.3 Å². The molecule has 0 radical (unpaired) electrons. The van der Waals surface area contributed by atoms with Crippen LogP contribution in [-0.2, 0) is 0 Å². The van der Waals surface area contributed by atoms with Gasteiger partial charge in [-0.3, -0.25) is 4.79 Å². The van der Waals surface area contributed by atoms with Gasteiger partial charge in [0, 0.05) is 0 Å². The van der Waals surface area contributed by atoms with Crippen molar-refractivity contribution >= 4 is 6.29 Å². The van der Waals surface area contributed by atoms with E-state index in [1.165, 1.54) is 6.07 Å². The Morgan fingerprint density at radius 2 is 2.05 bits per heavy atom. The van der Waals surface area contributed by atoms with E-state index in [2.05, 4.69) is 0 Å². The third kappa shape index (κ3) is 3.50. The van der Waals surface area contributed by atoms with Crippen molar-refractivity contribution in [3.05, 3.63) is 34.9 Å². The highest BCUT2D eigenvalue weighted by atomic mass is 16.5. The third-order valence-corrected chi connectivity index (χ3v) is 4.48. The van der Waals surface area contributed by atoms with E-state index in [-0.39, 0.29) is 11.3 Å². The van der Waals surface area contributed by atoms with Gasteiger partial charge in [-0.05, 0) is 62.3 Å². The quantitative estimate of drug-likeness (QED) is 0.622. The van der Waals surface area contributed by atoms with Crippen molar-refractivity contribution < 1.29 is 19.7 Å². The second-order valence-corrected chi connectivity index (χ2v) is 6.01. The molecule has 1 atom stereocenters. The van der Waals surface area contributed by atoms with Crippen molar-refractivity contribution in [2.24, 2.45) is 0 Å². The van der Waals surface area contributed by atoms with Crippen LogP contribution in [0.25, 0.3) is 0 Å². The number of aliphatic hydroxyl groups is 1. The van der Waals surface area contributed by atoms with E-state index in [0.717, 1.165) is 36.8 Å². The molecule has 0 aliphatic heterocycles. The number of carbonyl (C=O) groups excluding carboxylic acids is 1. The van der Waals surface area contributed by atoms with Gasteiger partial charge >= 0.3 is 0 Å². The van der Waals surface area contributed by atoms with Gasteiger partial charge in [0.25, 0.3) is 0 Å². The molecule has 0 amide bonds. The molecule has 2 N–H and O–H groups in total. The van der Waals surface area contributed by atoms with Crippen LogP contribution in [0.5, 0.6) is 11.5 Å². The van der Waals surface area contributed by atoms with E-state index < -0.39 is 5.60 Å². The summed E-state index contributed by atoms with van der Waals surface area (Å²) in [4.78, 5) is 11.1. The van der Waals surface area contributed by atoms with E-state index in [1.807, 2.05) is 13.8 Å². The first kappa shape index (κ1) is 16.6. The molecule has 0 saturated heterocycles. The van der Waals surface area contributed by atoms with Gasteiger partial charge in [-0.15, -0.1) is 0 Å². The molecule has 0 spiro atoms. The van der Waals surface area contributed by atoms with Gasteiger partial charge in [0.1, 0.15) is 18.1 Å². The van der Waals surface area contributed by atoms with Crippen LogP contribution in [-0.4, -0.2) is 28.7 Å². The van der Waals surface area contributed by atoms with Crippen molar-refractivity contribution in [3.63, 3.8) is 0 Å². The van der Waals surface area contributed by atoms with Gasteiger partial charge in [-0.2, -0.15) is 0 Å². The highest BCUT2D eigenvalue weighted by Crippen LogP contribution is 2.35. The summed E-state index contributed by atoms with van der Waals surface area (Å²) in [7, 11) is 0. The number of phenols is 1. The average Bonchev–Trinajstić information content (AvgIpc) is 2.53. The normalized spacial score (nSPS) is 18.0. The Morgan fingerprint density at radius 1 is 1.32 bits per heavy atom. The Morgan fingerprint density at radius 3 is 2.73 bits per heavy atom. The molecule has 2 rings (SSSR count). The minimum Gasteiger partial charge on any atom is -0.507 e. The van der Waals surface area contributed by atoms with E-state index in [0.29, 0.717) is 25.1 Å². The topological polar surface area (TPSA) is 66.8 Å². The summed E-state index contributed by atoms with van der Waals surface area (Å²) in [6, 6.07) is 4.78. The predicted octanol–water partition coefficient (Wildman–Crippen LogP) is 3.62. The fourth-order valence-corrected chi connectivity index (χ4v) is 2.93. The van der Waals surface area contributed by atoms with Crippen LogP contribution in [0.2, 0.25) is 0 Å². The molecule has 1 unspecified atom stereocenters. The van der Waals surface area contributed by atoms with E-state index in [1.54, 1.807) is 12.1 Å². The number of carbonyl (C=O) groups is 1. The lowest BCUT2D eigenvalue weighted by Gasteiger charge is -2.31. The summed E-state index contributed by atoms with van der Waals surface area (Å²) in [6.45, 7) is 4.16. The summed E-state index contributed by atoms with van der Waals surface area (Å²) < 4.78 is 5.76. The number of benzene rings is 1. The van der Waals surface area contributed by atoms with Gasteiger partial charge in [0.15, 0.2) is 6.29 Å². The summed E-state index contributed by atoms with van der Waals surface area (Å²) in [5.74, 6) is 0.300. The maximum absolute atomic E-state index is 11.1. The van der Waals surface area contributed by atoms with Crippen LogP contribution in [0.3, 0.4) is 0 Å². The highest BCUT2D eigenvalue weighted by molar-refractivity contribution is 5.83. The van der Waals surface area contributed by atoms with Gasteiger partial charge in [-0.1, -0.05) is 13.0 Å². The molecule has 22 heavy (non-hydrogen) atoms. The van der Waals surface area contributed by atoms with Gasteiger partial charge < -0.3 is 14.9 Å². The molecule has 1 aliphatic rings. The smallest absolute Gasteiger partial charge is 0.157 e. The lowest BCUT2D eigenvalue weighted by molar-refractivity contribution is 0.0861. The van der Waals surface area contributed by atoms with Crippen molar-refractivity contribution in [1.29, 1.82) is 0 Å². The highest BCUT2D eigenvalue weighted by Gasteiger charge is 2.28. The molecular formula is C18H24O4. The predicted molar refractivity (Wildman–Crippen MR) is 85.4 cm³/mol. The van der Waals surface area contributed by atoms with E-state index in [4.69, 9.17) is 4.74 Å². The zero-order valence-corrected chi connectivity index (χ0v) is 13.3. The Balaban J connectivity index is 2.22. The number of hydrogen-bond acceptors (Lipinski definition) is 4. The fourth-order valence-electron chi connectivity index (χ4n) is 2.93. The third-order valence-electron chi connectivity index (χ3n) is 4.48. The number of phenolic OH excluding ortho intramolecular Hbond substituents is 1. The van der Waals surface area contributed by atoms with Crippen LogP contribution in [0, 0.1) is 0 Å². The number of aldehydes is 1. The monoisotopic (exact) mass is 304 g/mol. The summed E-state index contributed by atoms with van der Waals surface area (Å²) in [5.41, 5.74) is 1.54. The lowest BCUT2D eigenvalue weighted by atomic mass is 9.81. The van der Waals surface area contributed by atoms with Crippen molar-refractivity contribution in [1.82, 2.24) is 0 Å². The molecule has 1 aliphatic carbocycles. The summed E-state index contributed by atoms with van der Waals surface area (Å²) >= 11 is 0. The van der Waals surface area contributed by atoms with Gasteiger partial charge in [-0.25, -0.2) is 0 Å². The second kappa shape index (κ2) is 6.97. The summed E-state index contributed by atoms with van der Waals surface area (Å²) in [6.07, 6.45) is 5.23. The first-order valence-electron chi connectivity index (χ1n) is 7.83. The number of hydrogen-bond donors (Lipinski definition) is 2. The molecule has 1 aromatic rings. The molecule has 0 fully saturated rings. The molecule has 120 valence electrons. The zero-order chi connectivity index (χ0) is 16.2. The van der Waals surface area contributed by atoms with Crippen LogP contribution in [0.1, 0.15) is 56.3 Å². The minimum absolute atomic E-state index is 0.0779. The molecule has 0 saturated carbocycles. The maximum atomic E-state index is 11.1. The van der Waals surface area contributed by atoms with Crippen molar-refractivity contribution in [2.45, 2.75) is 51.6 Å². The Labute approximate surface area is 131 Å². The molecule has 0 bridgehead atoms. The number of aromatic hydroxyl groups is 1. The number of ether oxygens (including phenoxy) is 1. The minimum atomic E-state index is -0.800. The first-order chi connectivity index (χ1) is 10.5. The molecule has 4 nitrogen and oxygen atoms in total. The molecule has 0 heterocycles. The lowest BCUT2D eigenvalue weighted by Crippen LogP contribution is -2.29. The standard InChI is InChI=1S/C18H24O4/c1-3-18(2,21)15-8-5-4-7-13(15)12-22-17-10-6-9-16(20)14(17)11-19/h6,9-11,20-21H,3-5,7-8,12H2,1-2H3. The average molecular weight is 304 g/mol. The van der Waals surface area contributed by atoms with E-state index in [9.17, 15) is 15.0 Å². The SMILES string of the molecule is CCC(C)(O)C1=C(COc2cccc(O)c2C=O)CCCC1. The van der Waals surface area contributed by atoms with Gasteiger partial charge in [0.05, 0.1) is 11.2 Å². The van der Waals surface area contributed by atoms with Crippen molar-refractivity contribution in [3.8, 4) is 11.5 Å². The van der Waals surface area contributed by atoms with Crippen LogP contribution in [0.4, 0.5) is 0 Å².